The number of fused-ring (bicyclic) bond motifs is 6. The Hall–Kier alpha value is -5.68. The molecule has 0 aliphatic heterocycles. The van der Waals surface area contributed by atoms with Crippen LogP contribution in [0.3, 0.4) is 0 Å². The first-order valence-electron chi connectivity index (χ1n) is 14.3. The lowest BCUT2D eigenvalue weighted by molar-refractivity contribution is 0.483. The number of aromatic nitrogens is 4. The molecule has 0 saturated carbocycles. The molecule has 8 aromatic rings. The minimum atomic E-state index is 0.761. The Morgan fingerprint density at radius 2 is 0.674 bits per heavy atom. The molecule has 0 saturated heterocycles. The number of benzene rings is 4. The minimum Gasteiger partial charge on any atom is -0.457 e. The standard InChI is InChI=1S/C38H26N4O/c1-23-3-5-27-7-9-29-15-21-33(41-37(29)35(27)39-23)25-11-17-31(18-12-25)43-32-19-13-26(14-20-32)34-22-16-30-10-8-28-6-4-24(2)40-36(28)38(30)42-34/h3-22H,1-2H3. The Balaban J connectivity index is 1.04. The van der Waals surface area contributed by atoms with E-state index in [9.17, 15) is 0 Å². The lowest BCUT2D eigenvalue weighted by Crippen LogP contribution is -1.91. The highest BCUT2D eigenvalue weighted by atomic mass is 16.5. The first-order valence-corrected chi connectivity index (χ1v) is 14.3. The van der Waals surface area contributed by atoms with E-state index < -0.39 is 0 Å². The summed E-state index contributed by atoms with van der Waals surface area (Å²) in [5, 5.41) is 4.34. The topological polar surface area (TPSA) is 60.8 Å². The van der Waals surface area contributed by atoms with Gasteiger partial charge in [-0.15, -0.1) is 0 Å². The molecular weight excluding hydrogens is 528 g/mol. The Bertz CT molecular complexity index is 2160. The summed E-state index contributed by atoms with van der Waals surface area (Å²) in [6, 6.07) is 41.1. The van der Waals surface area contributed by atoms with Gasteiger partial charge in [0.05, 0.1) is 33.5 Å². The third-order valence-corrected chi connectivity index (χ3v) is 7.85. The lowest BCUT2D eigenvalue weighted by Gasteiger charge is -2.10. The summed E-state index contributed by atoms with van der Waals surface area (Å²) >= 11 is 0. The number of pyridine rings is 4. The van der Waals surface area contributed by atoms with Gasteiger partial charge in [0, 0.05) is 44.1 Å². The van der Waals surface area contributed by atoms with Gasteiger partial charge in [-0.25, -0.2) is 9.97 Å². The van der Waals surface area contributed by atoms with Gasteiger partial charge in [0.25, 0.3) is 0 Å². The maximum Gasteiger partial charge on any atom is 0.127 e. The molecular formula is C38H26N4O. The molecule has 5 heteroatoms. The molecule has 8 rings (SSSR count). The van der Waals surface area contributed by atoms with Crippen molar-refractivity contribution in [3.8, 4) is 34.0 Å². The zero-order valence-electron chi connectivity index (χ0n) is 23.7. The van der Waals surface area contributed by atoms with Gasteiger partial charge in [-0.2, -0.15) is 0 Å². The molecule has 0 unspecified atom stereocenters. The fraction of sp³-hybridized carbons (Fsp3) is 0.0526. The average Bonchev–Trinajstić information content (AvgIpc) is 3.05. The van der Waals surface area contributed by atoms with Crippen LogP contribution >= 0.6 is 0 Å². The van der Waals surface area contributed by atoms with Gasteiger partial charge in [0.15, 0.2) is 0 Å². The van der Waals surface area contributed by atoms with Crippen molar-refractivity contribution in [1.82, 2.24) is 19.9 Å². The van der Waals surface area contributed by atoms with Crippen molar-refractivity contribution in [2.45, 2.75) is 13.8 Å². The Kier molecular flexibility index (Phi) is 5.83. The number of aryl methyl sites for hydroxylation is 2. The van der Waals surface area contributed by atoms with Crippen molar-refractivity contribution in [1.29, 1.82) is 0 Å². The average molecular weight is 555 g/mol. The Morgan fingerprint density at radius 3 is 1.07 bits per heavy atom. The number of rotatable bonds is 4. The van der Waals surface area contributed by atoms with E-state index in [1.807, 2.05) is 74.5 Å². The van der Waals surface area contributed by atoms with Crippen molar-refractivity contribution >= 4 is 43.6 Å². The van der Waals surface area contributed by atoms with Crippen molar-refractivity contribution < 1.29 is 4.74 Å². The molecule has 0 N–H and O–H groups in total. The summed E-state index contributed by atoms with van der Waals surface area (Å²) in [4.78, 5) is 19.5. The highest BCUT2D eigenvalue weighted by molar-refractivity contribution is 6.04. The van der Waals surface area contributed by atoms with Crippen LogP contribution in [0.15, 0.2) is 121 Å². The Labute approximate surface area is 248 Å². The van der Waals surface area contributed by atoms with Gasteiger partial charge < -0.3 is 4.74 Å². The van der Waals surface area contributed by atoms with Crippen LogP contribution in [0.4, 0.5) is 0 Å². The van der Waals surface area contributed by atoms with Gasteiger partial charge in [0.1, 0.15) is 11.5 Å². The first kappa shape index (κ1) is 25.1. The summed E-state index contributed by atoms with van der Waals surface area (Å²) in [6.45, 7) is 4.02. The molecule has 0 fully saturated rings. The molecule has 4 aromatic carbocycles. The molecule has 0 aliphatic carbocycles. The van der Waals surface area contributed by atoms with E-state index >= 15 is 0 Å². The number of hydrogen-bond acceptors (Lipinski definition) is 5. The highest BCUT2D eigenvalue weighted by Crippen LogP contribution is 2.31. The van der Waals surface area contributed by atoms with E-state index in [0.29, 0.717) is 0 Å². The largest absolute Gasteiger partial charge is 0.457 e. The molecule has 4 heterocycles. The minimum absolute atomic E-state index is 0.761. The third kappa shape index (κ3) is 4.61. The zero-order chi connectivity index (χ0) is 28.9. The second-order valence-electron chi connectivity index (χ2n) is 10.9. The number of nitrogens with zero attached hydrogens (tertiary/aromatic N) is 4. The van der Waals surface area contributed by atoms with Crippen LogP contribution in [0, 0.1) is 13.8 Å². The molecule has 0 spiro atoms. The molecule has 4 aromatic heterocycles. The van der Waals surface area contributed by atoms with Crippen LogP contribution < -0.4 is 4.74 Å². The molecule has 0 atom stereocenters. The van der Waals surface area contributed by atoms with Crippen LogP contribution in [-0.2, 0) is 0 Å². The van der Waals surface area contributed by atoms with E-state index in [4.69, 9.17) is 24.7 Å². The summed E-state index contributed by atoms with van der Waals surface area (Å²) in [5.74, 6) is 1.52. The quantitative estimate of drug-likeness (QED) is 0.203. The summed E-state index contributed by atoms with van der Waals surface area (Å²) < 4.78 is 6.18. The maximum atomic E-state index is 6.18. The van der Waals surface area contributed by atoms with Gasteiger partial charge in [-0.05, 0) is 86.6 Å². The van der Waals surface area contributed by atoms with Gasteiger partial charge in [-0.1, -0.05) is 48.5 Å². The van der Waals surface area contributed by atoms with E-state index in [1.165, 1.54) is 0 Å². The molecule has 43 heavy (non-hydrogen) atoms. The van der Waals surface area contributed by atoms with Crippen LogP contribution in [-0.4, -0.2) is 19.9 Å². The highest BCUT2D eigenvalue weighted by Gasteiger charge is 2.10. The second-order valence-corrected chi connectivity index (χ2v) is 10.9. The number of hydrogen-bond donors (Lipinski definition) is 0. The van der Waals surface area contributed by atoms with Gasteiger partial charge in [-0.3, -0.25) is 9.97 Å². The molecule has 5 nitrogen and oxygen atoms in total. The van der Waals surface area contributed by atoms with Crippen LogP contribution in [0.1, 0.15) is 11.4 Å². The Morgan fingerprint density at radius 1 is 0.349 bits per heavy atom. The summed E-state index contributed by atoms with van der Waals surface area (Å²) in [5.41, 5.74) is 9.51. The van der Waals surface area contributed by atoms with Crippen molar-refractivity contribution in [2.75, 3.05) is 0 Å². The summed E-state index contributed by atoms with van der Waals surface area (Å²) in [6.07, 6.45) is 0. The fourth-order valence-electron chi connectivity index (χ4n) is 5.58. The van der Waals surface area contributed by atoms with Gasteiger partial charge in [0.2, 0.25) is 0 Å². The normalized spacial score (nSPS) is 11.5. The van der Waals surface area contributed by atoms with Crippen LogP contribution in [0.2, 0.25) is 0 Å². The number of ether oxygens (including phenoxy) is 1. The van der Waals surface area contributed by atoms with E-state index in [-0.39, 0.29) is 0 Å². The van der Waals surface area contributed by atoms with E-state index in [0.717, 1.165) is 89.0 Å². The van der Waals surface area contributed by atoms with Crippen molar-refractivity contribution in [3.63, 3.8) is 0 Å². The van der Waals surface area contributed by atoms with E-state index in [1.54, 1.807) is 0 Å². The SMILES string of the molecule is Cc1ccc2ccc3ccc(-c4ccc(Oc5ccc(-c6ccc7ccc8ccc(C)nc8c7n6)cc5)cc4)nc3c2n1. The van der Waals surface area contributed by atoms with E-state index in [2.05, 4.69) is 60.7 Å². The summed E-state index contributed by atoms with van der Waals surface area (Å²) in [7, 11) is 0. The molecule has 0 amide bonds. The van der Waals surface area contributed by atoms with Crippen molar-refractivity contribution in [3.05, 3.63) is 133 Å². The second kappa shape index (κ2) is 10.00. The van der Waals surface area contributed by atoms with Crippen LogP contribution in [0.25, 0.3) is 66.1 Å². The molecule has 0 radical (unpaired) electrons. The van der Waals surface area contributed by atoms with Crippen molar-refractivity contribution in [2.24, 2.45) is 0 Å². The third-order valence-electron chi connectivity index (χ3n) is 7.85. The monoisotopic (exact) mass is 554 g/mol. The first-order chi connectivity index (χ1) is 21.1. The molecule has 0 aliphatic rings. The van der Waals surface area contributed by atoms with Gasteiger partial charge >= 0.3 is 0 Å². The van der Waals surface area contributed by atoms with Crippen LogP contribution in [0.5, 0.6) is 11.5 Å². The zero-order valence-corrected chi connectivity index (χ0v) is 23.7. The smallest absolute Gasteiger partial charge is 0.127 e. The lowest BCUT2D eigenvalue weighted by atomic mass is 10.1. The fourth-order valence-corrected chi connectivity index (χ4v) is 5.58. The predicted octanol–water partition coefficient (Wildman–Crippen LogP) is 9.62. The maximum absolute atomic E-state index is 6.18. The predicted molar refractivity (Wildman–Crippen MR) is 175 cm³/mol. The molecule has 204 valence electrons. The molecule has 0 bridgehead atoms.